The van der Waals surface area contributed by atoms with Crippen LogP contribution in [0.5, 0.6) is 0 Å². The Morgan fingerprint density at radius 2 is 0.508 bits per heavy atom. The molecule has 0 spiro atoms. The van der Waals surface area contributed by atoms with Gasteiger partial charge in [0.05, 0.1) is 0 Å². The number of hydrogen-bond acceptors (Lipinski definition) is 6. The molecular formula is C59H114O6. The first-order valence-electron chi connectivity index (χ1n) is 29.4. The fourth-order valence-corrected chi connectivity index (χ4v) is 9.10. The molecule has 6 nitrogen and oxygen atoms in total. The third kappa shape index (κ3) is 53.2. The van der Waals surface area contributed by atoms with E-state index in [1.54, 1.807) is 0 Å². The van der Waals surface area contributed by atoms with Crippen LogP contribution in [0.1, 0.15) is 336 Å². The Bertz CT molecular complexity index is 980. The van der Waals surface area contributed by atoms with Crippen LogP contribution < -0.4 is 0 Å². The quantitative estimate of drug-likeness (QED) is 0.0344. The van der Waals surface area contributed by atoms with Gasteiger partial charge in [-0.25, -0.2) is 0 Å². The lowest BCUT2D eigenvalue weighted by Gasteiger charge is -2.18. The Labute approximate surface area is 406 Å². The van der Waals surface area contributed by atoms with Gasteiger partial charge in [0.1, 0.15) is 13.2 Å². The summed E-state index contributed by atoms with van der Waals surface area (Å²) in [4.78, 5) is 38.1. The van der Waals surface area contributed by atoms with E-state index in [9.17, 15) is 14.4 Å². The summed E-state index contributed by atoms with van der Waals surface area (Å²) < 4.78 is 16.9. The number of hydrogen-bond donors (Lipinski definition) is 0. The molecule has 386 valence electrons. The van der Waals surface area contributed by atoms with Crippen LogP contribution in [0.3, 0.4) is 0 Å². The van der Waals surface area contributed by atoms with Crippen molar-refractivity contribution in [2.75, 3.05) is 13.2 Å². The lowest BCUT2D eigenvalue weighted by Crippen LogP contribution is -2.30. The number of rotatable bonds is 54. The zero-order valence-electron chi connectivity index (χ0n) is 44.5. The molecule has 6 heteroatoms. The van der Waals surface area contributed by atoms with Crippen LogP contribution >= 0.6 is 0 Å². The minimum absolute atomic E-state index is 0.0618. The van der Waals surface area contributed by atoms with Crippen LogP contribution in [0.15, 0.2) is 0 Å². The van der Waals surface area contributed by atoms with Gasteiger partial charge in [0.25, 0.3) is 0 Å². The van der Waals surface area contributed by atoms with Crippen LogP contribution in [0.4, 0.5) is 0 Å². The number of carbonyl (C=O) groups is 3. The van der Waals surface area contributed by atoms with Gasteiger partial charge in [-0.2, -0.15) is 0 Å². The molecule has 0 bridgehead atoms. The van der Waals surface area contributed by atoms with Gasteiger partial charge in [-0.15, -0.1) is 0 Å². The molecule has 0 aliphatic carbocycles. The van der Waals surface area contributed by atoms with Gasteiger partial charge < -0.3 is 14.2 Å². The molecule has 0 N–H and O–H groups in total. The molecule has 0 amide bonds. The van der Waals surface area contributed by atoms with Gasteiger partial charge in [-0.3, -0.25) is 14.4 Å². The molecule has 0 saturated heterocycles. The lowest BCUT2D eigenvalue weighted by molar-refractivity contribution is -0.167. The van der Waals surface area contributed by atoms with Gasteiger partial charge in [-0.1, -0.05) is 297 Å². The van der Waals surface area contributed by atoms with E-state index in [1.807, 2.05) is 0 Å². The lowest BCUT2D eigenvalue weighted by atomic mass is 10.0. The van der Waals surface area contributed by atoms with Crippen molar-refractivity contribution in [1.29, 1.82) is 0 Å². The predicted octanol–water partition coefficient (Wildman–Crippen LogP) is 19.4. The highest BCUT2D eigenvalue weighted by atomic mass is 16.6. The summed E-state index contributed by atoms with van der Waals surface area (Å²) in [6.45, 7) is 9.06. The molecule has 0 aliphatic rings. The number of unbranched alkanes of at least 4 members (excludes halogenated alkanes) is 41. The largest absolute Gasteiger partial charge is 0.462 e. The number of ether oxygens (including phenoxy) is 3. The maximum absolute atomic E-state index is 12.9. The Morgan fingerprint density at radius 1 is 0.292 bits per heavy atom. The van der Waals surface area contributed by atoms with E-state index in [0.717, 1.165) is 63.7 Å². The third-order valence-electron chi connectivity index (χ3n) is 13.5. The van der Waals surface area contributed by atoms with Gasteiger partial charge in [-0.05, 0) is 25.2 Å². The molecule has 0 unspecified atom stereocenters. The van der Waals surface area contributed by atoms with Crippen molar-refractivity contribution in [2.24, 2.45) is 5.92 Å². The normalized spacial score (nSPS) is 12.0. The van der Waals surface area contributed by atoms with E-state index in [2.05, 4.69) is 27.7 Å². The van der Waals surface area contributed by atoms with E-state index >= 15 is 0 Å². The van der Waals surface area contributed by atoms with Crippen molar-refractivity contribution in [3.05, 3.63) is 0 Å². The van der Waals surface area contributed by atoms with Crippen LogP contribution in [0.2, 0.25) is 0 Å². The second kappa shape index (κ2) is 53.4. The summed E-state index contributed by atoms with van der Waals surface area (Å²) in [6, 6.07) is 0. The Hall–Kier alpha value is -1.59. The van der Waals surface area contributed by atoms with E-state index < -0.39 is 6.10 Å². The van der Waals surface area contributed by atoms with Crippen molar-refractivity contribution in [2.45, 2.75) is 342 Å². The zero-order valence-corrected chi connectivity index (χ0v) is 44.5. The van der Waals surface area contributed by atoms with Crippen LogP contribution in [0, 0.1) is 5.92 Å². The second-order valence-corrected chi connectivity index (χ2v) is 20.8. The summed E-state index contributed by atoms with van der Waals surface area (Å²) in [5.74, 6) is -0.000331. The fourth-order valence-electron chi connectivity index (χ4n) is 9.10. The first-order chi connectivity index (χ1) is 31.9. The zero-order chi connectivity index (χ0) is 47.4. The molecule has 0 radical (unpaired) electrons. The van der Waals surface area contributed by atoms with Crippen LogP contribution in [0.25, 0.3) is 0 Å². The average Bonchev–Trinajstić information content (AvgIpc) is 3.29. The molecule has 65 heavy (non-hydrogen) atoms. The van der Waals surface area contributed by atoms with Crippen LogP contribution in [-0.4, -0.2) is 37.2 Å². The Balaban J connectivity index is 4.29. The monoisotopic (exact) mass is 919 g/mol. The summed E-state index contributed by atoms with van der Waals surface area (Å²) in [5.41, 5.74) is 0. The van der Waals surface area contributed by atoms with E-state index in [1.165, 1.54) is 231 Å². The molecule has 0 aromatic rings. The van der Waals surface area contributed by atoms with Crippen molar-refractivity contribution in [3.8, 4) is 0 Å². The van der Waals surface area contributed by atoms with Crippen molar-refractivity contribution in [3.63, 3.8) is 0 Å². The molecule has 1 atom stereocenters. The van der Waals surface area contributed by atoms with Crippen molar-refractivity contribution in [1.82, 2.24) is 0 Å². The van der Waals surface area contributed by atoms with Gasteiger partial charge in [0, 0.05) is 19.3 Å². The molecular weight excluding hydrogens is 805 g/mol. The van der Waals surface area contributed by atoms with Crippen molar-refractivity contribution < 1.29 is 28.6 Å². The highest BCUT2D eigenvalue weighted by molar-refractivity contribution is 5.71. The van der Waals surface area contributed by atoms with Crippen LogP contribution in [-0.2, 0) is 28.6 Å². The number of esters is 3. The van der Waals surface area contributed by atoms with E-state index in [4.69, 9.17) is 14.2 Å². The minimum Gasteiger partial charge on any atom is -0.462 e. The summed E-state index contributed by atoms with van der Waals surface area (Å²) in [6.07, 6.45) is 58.1. The maximum Gasteiger partial charge on any atom is 0.306 e. The minimum atomic E-state index is -0.762. The summed E-state index contributed by atoms with van der Waals surface area (Å²) >= 11 is 0. The first kappa shape index (κ1) is 63.4. The highest BCUT2D eigenvalue weighted by Crippen LogP contribution is 2.18. The standard InChI is InChI=1S/C59H114O6/c1-5-7-9-11-13-15-17-19-21-22-23-24-26-32-36-40-44-48-52-59(62)65-56(53-63-57(60)50-46-42-38-34-30-25-20-18-16-14-12-10-8-6-2)54-64-58(61)51-47-43-39-35-31-28-27-29-33-37-41-45-49-55(3)4/h55-56H,5-54H2,1-4H3/t56-/m0/s1. The topological polar surface area (TPSA) is 78.9 Å². The van der Waals surface area contributed by atoms with E-state index in [-0.39, 0.29) is 31.1 Å². The van der Waals surface area contributed by atoms with Gasteiger partial charge in [0.15, 0.2) is 6.10 Å². The SMILES string of the molecule is CCCCCCCCCCCCCCCCCCCCC(=O)O[C@@H](COC(=O)CCCCCCCCCCCCCCCC)COC(=O)CCCCCCCCCCCCCCC(C)C. The molecule has 0 rings (SSSR count). The average molecular weight is 920 g/mol. The summed E-state index contributed by atoms with van der Waals surface area (Å²) in [7, 11) is 0. The second-order valence-electron chi connectivity index (χ2n) is 20.8. The molecule has 0 aliphatic heterocycles. The Morgan fingerprint density at radius 3 is 0.754 bits per heavy atom. The molecule has 0 saturated carbocycles. The van der Waals surface area contributed by atoms with Gasteiger partial charge >= 0.3 is 17.9 Å². The summed E-state index contributed by atoms with van der Waals surface area (Å²) in [5, 5.41) is 0. The van der Waals surface area contributed by atoms with Gasteiger partial charge in [0.2, 0.25) is 0 Å². The Kier molecular flexibility index (Phi) is 52.1. The maximum atomic E-state index is 12.9. The molecule has 0 aromatic heterocycles. The molecule has 0 heterocycles. The number of carbonyl (C=O) groups excluding carboxylic acids is 3. The van der Waals surface area contributed by atoms with Crippen molar-refractivity contribution >= 4 is 17.9 Å². The first-order valence-corrected chi connectivity index (χ1v) is 29.4. The molecule has 0 fully saturated rings. The third-order valence-corrected chi connectivity index (χ3v) is 13.5. The smallest absolute Gasteiger partial charge is 0.306 e. The highest BCUT2D eigenvalue weighted by Gasteiger charge is 2.19. The molecule has 0 aromatic carbocycles. The van der Waals surface area contributed by atoms with E-state index in [0.29, 0.717) is 19.3 Å². The predicted molar refractivity (Wildman–Crippen MR) is 280 cm³/mol. The fraction of sp³-hybridized carbons (Fsp3) is 0.949.